The summed E-state index contributed by atoms with van der Waals surface area (Å²) in [6.45, 7) is 9.93. The number of ketones is 1. The van der Waals surface area contributed by atoms with Crippen molar-refractivity contribution in [2.45, 2.75) is 43.9 Å². The molecule has 0 heterocycles. The van der Waals surface area contributed by atoms with Gasteiger partial charge in [-0.3, -0.25) is 9.35 Å². The van der Waals surface area contributed by atoms with Crippen molar-refractivity contribution in [3.8, 4) is 0 Å². The van der Waals surface area contributed by atoms with E-state index >= 15 is 0 Å². The lowest BCUT2D eigenvalue weighted by atomic mass is 9.61. The molecule has 2 saturated carbocycles. The highest BCUT2D eigenvalue weighted by atomic mass is 32.2. The molecule has 0 saturated heterocycles. The third kappa shape index (κ3) is 1.46. The molecule has 4 nitrogen and oxygen atoms in total. The van der Waals surface area contributed by atoms with Crippen LogP contribution in [-0.4, -0.2) is 18.8 Å². The van der Waals surface area contributed by atoms with Crippen LogP contribution in [0.5, 0.6) is 0 Å². The lowest BCUT2D eigenvalue weighted by Gasteiger charge is -2.41. The number of fused-ring (bicyclic) bond motifs is 2. The van der Waals surface area contributed by atoms with Gasteiger partial charge in [-0.2, -0.15) is 8.42 Å². The molecule has 0 amide bonds. The summed E-state index contributed by atoms with van der Waals surface area (Å²) in [7, 11) is -4.36. The van der Waals surface area contributed by atoms with E-state index in [2.05, 4.69) is 6.58 Å². The monoisotopic (exact) mass is 320 g/mol. The molecule has 2 aliphatic carbocycles. The number of Topliss-reactive ketones (excluding diaryl/α,β-unsaturated/α-hetero) is 1. The number of carbonyl (C=O) groups is 1. The van der Waals surface area contributed by atoms with Crippen molar-refractivity contribution < 1.29 is 17.8 Å². The zero-order valence-corrected chi connectivity index (χ0v) is 13.8. The summed E-state index contributed by atoms with van der Waals surface area (Å²) in [6.07, 6.45) is 1.35. The average Bonchev–Trinajstić information content (AvgIpc) is 2.70. The predicted molar refractivity (Wildman–Crippen MR) is 83.2 cm³/mol. The minimum absolute atomic E-state index is 0.00823. The van der Waals surface area contributed by atoms with Crippen LogP contribution in [0.15, 0.2) is 41.3 Å². The number of benzene rings is 1. The second-order valence-corrected chi connectivity index (χ2v) is 8.53. The Bertz CT molecular complexity index is 806. The molecule has 0 aromatic heterocycles. The molecule has 3 rings (SSSR count). The molecular weight excluding hydrogens is 300 g/mol. The van der Waals surface area contributed by atoms with Gasteiger partial charge in [-0.15, -0.1) is 0 Å². The summed E-state index contributed by atoms with van der Waals surface area (Å²) in [4.78, 5) is 12.6. The summed E-state index contributed by atoms with van der Waals surface area (Å²) in [5.74, 6) is 0.00823. The van der Waals surface area contributed by atoms with Crippen LogP contribution in [0.25, 0.3) is 0 Å². The van der Waals surface area contributed by atoms with Crippen LogP contribution in [0.2, 0.25) is 0 Å². The molecule has 2 bridgehead atoms. The minimum atomic E-state index is -4.36. The van der Waals surface area contributed by atoms with Gasteiger partial charge in [-0.05, 0) is 35.5 Å². The molecule has 22 heavy (non-hydrogen) atoms. The molecule has 0 radical (unpaired) electrons. The van der Waals surface area contributed by atoms with Gasteiger partial charge >= 0.3 is 0 Å². The van der Waals surface area contributed by atoms with Crippen molar-refractivity contribution in [2.75, 3.05) is 0 Å². The molecule has 2 atom stereocenters. The first-order valence-electron chi connectivity index (χ1n) is 7.31. The molecule has 2 fully saturated rings. The smallest absolute Gasteiger partial charge is 0.294 e. The molecule has 2 unspecified atom stereocenters. The molecule has 2 aliphatic rings. The molecule has 5 heteroatoms. The molecular formula is C17H20O4S. The lowest BCUT2D eigenvalue weighted by Crippen LogP contribution is -2.39. The van der Waals surface area contributed by atoms with E-state index in [1.807, 2.05) is 20.8 Å². The summed E-state index contributed by atoms with van der Waals surface area (Å²) < 4.78 is 33.2. The number of rotatable bonds is 2. The summed E-state index contributed by atoms with van der Waals surface area (Å²) in [6, 6.07) is 6.39. The average molecular weight is 320 g/mol. The fourth-order valence-electron chi connectivity index (χ4n) is 4.66. The van der Waals surface area contributed by atoms with Crippen LogP contribution in [-0.2, 0) is 20.3 Å². The van der Waals surface area contributed by atoms with Gasteiger partial charge in [0, 0.05) is 10.8 Å². The van der Waals surface area contributed by atoms with Gasteiger partial charge in [0.25, 0.3) is 10.1 Å². The Morgan fingerprint density at radius 3 is 2.23 bits per heavy atom. The number of hydrogen-bond acceptors (Lipinski definition) is 3. The quantitative estimate of drug-likeness (QED) is 0.671. The minimum Gasteiger partial charge on any atom is -0.294 e. The van der Waals surface area contributed by atoms with Crippen LogP contribution < -0.4 is 0 Å². The van der Waals surface area contributed by atoms with Gasteiger partial charge in [-0.25, -0.2) is 0 Å². The van der Waals surface area contributed by atoms with Crippen molar-refractivity contribution >= 4 is 15.9 Å². The largest absolute Gasteiger partial charge is 0.294 e. The number of hydrogen-bond donors (Lipinski definition) is 1. The molecule has 0 aliphatic heterocycles. The van der Waals surface area contributed by atoms with Gasteiger partial charge in [0.05, 0.1) is 4.90 Å². The summed E-state index contributed by atoms with van der Waals surface area (Å²) in [5, 5.41) is 0. The van der Waals surface area contributed by atoms with E-state index < -0.39 is 26.4 Å². The van der Waals surface area contributed by atoms with E-state index in [0.29, 0.717) is 24.0 Å². The van der Waals surface area contributed by atoms with Crippen molar-refractivity contribution in [1.29, 1.82) is 0 Å². The molecule has 1 aromatic carbocycles. The fourth-order valence-corrected chi connectivity index (χ4v) is 5.43. The number of carbonyl (C=O) groups excluding carboxylic acids is 1. The Labute approximate surface area is 131 Å². The summed E-state index contributed by atoms with van der Waals surface area (Å²) >= 11 is 0. The van der Waals surface area contributed by atoms with E-state index in [-0.39, 0.29) is 10.7 Å². The third-order valence-corrected chi connectivity index (χ3v) is 7.27. The third-order valence-electron chi connectivity index (χ3n) is 6.36. The van der Waals surface area contributed by atoms with E-state index in [4.69, 9.17) is 0 Å². The maximum atomic E-state index is 12.7. The fraction of sp³-hybridized carbons (Fsp3) is 0.471. The Balaban J connectivity index is 2.39. The van der Waals surface area contributed by atoms with Crippen LogP contribution in [0.4, 0.5) is 0 Å². The second kappa shape index (κ2) is 4.09. The SMILES string of the molecule is C=C1C(=O)C2(C)CCC1(c1ccccc1S(=O)(=O)O)C2(C)C. The predicted octanol–water partition coefficient (Wildman–Crippen LogP) is 3.14. The standard InChI is InChI=1S/C17H20O4S/c1-11-14(18)16(4)9-10-17(11,15(16,2)3)12-7-5-6-8-13(12)22(19,20)21/h5-8H,1,9-10H2,2-4H3,(H,19,20,21). The first-order chi connectivity index (χ1) is 10.00. The maximum absolute atomic E-state index is 12.7. The lowest BCUT2D eigenvalue weighted by molar-refractivity contribution is -0.125. The summed E-state index contributed by atoms with van der Waals surface area (Å²) in [5.41, 5.74) is -0.805. The Hall–Kier alpha value is -1.46. The van der Waals surface area contributed by atoms with Gasteiger partial charge in [0.1, 0.15) is 0 Å². The van der Waals surface area contributed by atoms with Crippen LogP contribution in [0.3, 0.4) is 0 Å². The van der Waals surface area contributed by atoms with E-state index in [1.165, 1.54) is 6.07 Å². The van der Waals surface area contributed by atoms with Crippen LogP contribution in [0.1, 0.15) is 39.2 Å². The number of allylic oxidation sites excluding steroid dienone is 1. The highest BCUT2D eigenvalue weighted by Crippen LogP contribution is 2.72. The highest BCUT2D eigenvalue weighted by molar-refractivity contribution is 7.85. The van der Waals surface area contributed by atoms with Gasteiger partial charge in [0.2, 0.25) is 0 Å². The molecule has 1 aromatic rings. The normalized spacial score (nSPS) is 33.5. The first-order valence-corrected chi connectivity index (χ1v) is 8.75. The Kier molecular flexibility index (Phi) is 2.87. The molecule has 1 N–H and O–H groups in total. The van der Waals surface area contributed by atoms with Gasteiger partial charge in [-0.1, -0.05) is 45.5 Å². The second-order valence-electron chi connectivity index (χ2n) is 7.14. The van der Waals surface area contributed by atoms with Gasteiger partial charge in [0.15, 0.2) is 5.78 Å². The van der Waals surface area contributed by atoms with Crippen LogP contribution >= 0.6 is 0 Å². The Morgan fingerprint density at radius 1 is 1.14 bits per heavy atom. The van der Waals surface area contributed by atoms with Gasteiger partial charge < -0.3 is 0 Å². The maximum Gasteiger partial charge on any atom is 0.294 e. The molecule has 0 spiro atoms. The first kappa shape index (κ1) is 15.4. The van der Waals surface area contributed by atoms with Crippen molar-refractivity contribution in [3.63, 3.8) is 0 Å². The van der Waals surface area contributed by atoms with Crippen molar-refractivity contribution in [2.24, 2.45) is 10.8 Å². The Morgan fingerprint density at radius 2 is 1.73 bits per heavy atom. The van der Waals surface area contributed by atoms with E-state index in [9.17, 15) is 17.8 Å². The molecule has 118 valence electrons. The van der Waals surface area contributed by atoms with Crippen LogP contribution in [0, 0.1) is 10.8 Å². The zero-order valence-electron chi connectivity index (χ0n) is 13.0. The zero-order chi connectivity index (χ0) is 16.6. The highest BCUT2D eigenvalue weighted by Gasteiger charge is 2.72. The van der Waals surface area contributed by atoms with Crippen molar-refractivity contribution in [1.82, 2.24) is 0 Å². The van der Waals surface area contributed by atoms with E-state index in [1.54, 1.807) is 18.2 Å². The van der Waals surface area contributed by atoms with E-state index in [0.717, 1.165) is 0 Å². The van der Waals surface area contributed by atoms with Crippen molar-refractivity contribution in [3.05, 3.63) is 42.0 Å². The topological polar surface area (TPSA) is 71.4 Å².